The van der Waals surface area contributed by atoms with Gasteiger partial charge in [0.2, 0.25) is 5.96 Å². The maximum Gasteiger partial charge on any atom is 0.282 e. The molecule has 2 aromatic rings. The molecule has 2 heterocycles. The minimum Gasteiger partial charge on any atom is -0.370 e. The second-order valence-electron chi connectivity index (χ2n) is 5.81. The van der Waals surface area contributed by atoms with Crippen molar-refractivity contribution in [3.63, 3.8) is 0 Å². The first kappa shape index (κ1) is 15.2. The van der Waals surface area contributed by atoms with Crippen molar-refractivity contribution < 1.29 is 4.79 Å². The summed E-state index contributed by atoms with van der Waals surface area (Å²) in [4.78, 5) is 23.8. The molecule has 126 valence electrons. The normalized spacial score (nSPS) is 21.5. The molecule has 4 N–H and O–H groups in total. The van der Waals surface area contributed by atoms with E-state index in [2.05, 4.69) is 20.6 Å². The Morgan fingerprint density at radius 3 is 2.60 bits per heavy atom. The summed E-state index contributed by atoms with van der Waals surface area (Å²) in [6, 6.07) is 17.1. The van der Waals surface area contributed by atoms with Crippen LogP contribution in [0.1, 0.15) is 12.5 Å². The molecule has 0 fully saturated rings. The van der Waals surface area contributed by atoms with Crippen molar-refractivity contribution in [1.82, 2.24) is 5.32 Å². The predicted octanol–water partition coefficient (Wildman–Crippen LogP) is 1.59. The van der Waals surface area contributed by atoms with E-state index in [4.69, 9.17) is 5.73 Å². The number of guanidine groups is 2. The zero-order valence-corrected chi connectivity index (χ0v) is 13.7. The number of carbonyl (C=O) groups is 1. The molecule has 0 aliphatic carbocycles. The lowest BCUT2D eigenvalue weighted by atomic mass is 10.0. The number of para-hydroxylation sites is 2. The monoisotopic (exact) mass is 334 g/mol. The van der Waals surface area contributed by atoms with Crippen LogP contribution in [0.5, 0.6) is 0 Å². The first-order chi connectivity index (χ1) is 12.1. The Morgan fingerprint density at radius 1 is 1.12 bits per heavy atom. The van der Waals surface area contributed by atoms with E-state index in [1.165, 1.54) is 0 Å². The highest BCUT2D eigenvalue weighted by Crippen LogP contribution is 2.44. The van der Waals surface area contributed by atoms with Gasteiger partial charge in [0.1, 0.15) is 0 Å². The van der Waals surface area contributed by atoms with Crippen molar-refractivity contribution >= 4 is 29.2 Å². The summed E-state index contributed by atoms with van der Waals surface area (Å²) < 4.78 is 0. The van der Waals surface area contributed by atoms with Gasteiger partial charge in [0.15, 0.2) is 5.96 Å². The number of nitrogens with one attached hydrogen (secondary N) is 2. The Balaban J connectivity index is 1.82. The van der Waals surface area contributed by atoms with Crippen LogP contribution in [0.3, 0.4) is 0 Å². The maximum atomic E-state index is 13.1. The second kappa shape index (κ2) is 5.62. The molecule has 1 spiro atoms. The smallest absolute Gasteiger partial charge is 0.282 e. The third-order valence-electron chi connectivity index (χ3n) is 4.27. The highest BCUT2D eigenvalue weighted by Gasteiger charge is 2.52. The number of fused-ring (bicyclic) bond motifs is 2. The van der Waals surface area contributed by atoms with E-state index in [1.54, 1.807) is 4.90 Å². The number of aliphatic imine (C=N–C) groups is 2. The first-order valence-corrected chi connectivity index (χ1v) is 8.10. The Hall–Kier alpha value is -3.35. The minimum absolute atomic E-state index is 0.148. The van der Waals surface area contributed by atoms with Crippen LogP contribution in [0.25, 0.3) is 0 Å². The number of benzene rings is 2. The number of hydrogen-bond donors (Lipinski definition) is 3. The second-order valence-corrected chi connectivity index (χ2v) is 5.81. The average molecular weight is 334 g/mol. The van der Waals surface area contributed by atoms with Gasteiger partial charge in [-0.15, -0.1) is 0 Å². The summed E-state index contributed by atoms with van der Waals surface area (Å²) in [5.74, 6) is 0.336. The summed E-state index contributed by atoms with van der Waals surface area (Å²) in [5.41, 5.74) is 7.00. The fourth-order valence-corrected chi connectivity index (χ4v) is 3.20. The summed E-state index contributed by atoms with van der Waals surface area (Å²) in [6.45, 7) is 2.46. The lowest BCUT2D eigenvalue weighted by Crippen LogP contribution is -2.51. The van der Waals surface area contributed by atoms with Crippen LogP contribution < -0.4 is 21.3 Å². The van der Waals surface area contributed by atoms with Crippen molar-refractivity contribution in [3.05, 3.63) is 60.2 Å². The zero-order valence-electron chi connectivity index (χ0n) is 13.7. The summed E-state index contributed by atoms with van der Waals surface area (Å²) in [6.07, 6.45) is 0. The molecule has 0 bridgehead atoms. The molecule has 2 aliphatic heterocycles. The van der Waals surface area contributed by atoms with E-state index in [0.717, 1.165) is 16.9 Å². The number of rotatable bonds is 2. The molecule has 4 rings (SSSR count). The highest BCUT2D eigenvalue weighted by atomic mass is 16.2. The van der Waals surface area contributed by atoms with Gasteiger partial charge in [0.05, 0.1) is 5.69 Å². The molecule has 0 radical (unpaired) electrons. The van der Waals surface area contributed by atoms with Crippen LogP contribution in [-0.4, -0.2) is 24.4 Å². The molecule has 2 aliphatic rings. The largest absolute Gasteiger partial charge is 0.370 e. The van der Waals surface area contributed by atoms with Crippen molar-refractivity contribution in [2.45, 2.75) is 12.6 Å². The van der Waals surface area contributed by atoms with Gasteiger partial charge in [-0.25, -0.2) is 9.98 Å². The highest BCUT2D eigenvalue weighted by molar-refractivity contribution is 6.14. The number of likely N-dealkylation sites (N-methyl/N-ethyl adjacent to an activating group) is 1. The standard InChI is InChI=1S/C18H18N6O/c1-2-24-14-11-7-6-10-13(14)18(15(24)25)22-16(19)21-17(23-18)20-12-8-4-3-5-9-12/h3-11H,2H2,1H3,(H4,19,20,21,22,23). The van der Waals surface area contributed by atoms with Crippen LogP contribution in [0.4, 0.5) is 11.4 Å². The summed E-state index contributed by atoms with van der Waals surface area (Å²) in [7, 11) is 0. The Bertz CT molecular complexity index is 891. The van der Waals surface area contributed by atoms with Gasteiger partial charge >= 0.3 is 0 Å². The van der Waals surface area contributed by atoms with Crippen molar-refractivity contribution in [1.29, 1.82) is 0 Å². The minimum atomic E-state index is -1.38. The number of anilines is 2. The molecule has 0 saturated heterocycles. The topological polar surface area (TPSA) is 95.1 Å². The molecule has 7 heteroatoms. The van der Waals surface area contributed by atoms with Crippen LogP contribution in [0, 0.1) is 0 Å². The van der Waals surface area contributed by atoms with Crippen LogP contribution in [0.2, 0.25) is 0 Å². The third kappa shape index (κ3) is 2.32. The Labute approximate surface area is 145 Å². The van der Waals surface area contributed by atoms with E-state index in [0.29, 0.717) is 12.5 Å². The van der Waals surface area contributed by atoms with Crippen LogP contribution in [0.15, 0.2) is 64.6 Å². The van der Waals surface area contributed by atoms with E-state index >= 15 is 0 Å². The molecule has 7 nitrogen and oxygen atoms in total. The van der Waals surface area contributed by atoms with Crippen LogP contribution >= 0.6 is 0 Å². The number of nitrogens with zero attached hydrogens (tertiary/aromatic N) is 3. The van der Waals surface area contributed by atoms with Crippen molar-refractivity contribution in [3.8, 4) is 0 Å². The number of nitrogens with two attached hydrogens (primary N) is 1. The predicted molar refractivity (Wildman–Crippen MR) is 98.4 cm³/mol. The van der Waals surface area contributed by atoms with Crippen molar-refractivity contribution in [2.24, 2.45) is 15.7 Å². The van der Waals surface area contributed by atoms with Gasteiger partial charge in [0.25, 0.3) is 11.6 Å². The molecule has 0 saturated carbocycles. The molecule has 1 atom stereocenters. The summed E-state index contributed by atoms with van der Waals surface area (Å²) in [5, 5.41) is 6.05. The van der Waals surface area contributed by atoms with E-state index in [-0.39, 0.29) is 11.9 Å². The lowest BCUT2D eigenvalue weighted by Gasteiger charge is -2.27. The maximum absolute atomic E-state index is 13.1. The van der Waals surface area contributed by atoms with Crippen molar-refractivity contribution in [2.75, 3.05) is 16.8 Å². The van der Waals surface area contributed by atoms with Gasteiger partial charge in [0, 0.05) is 17.8 Å². The molecule has 1 amide bonds. The number of hydrogen-bond acceptors (Lipinski definition) is 6. The van der Waals surface area contributed by atoms with E-state index in [1.807, 2.05) is 61.5 Å². The molecule has 2 aromatic carbocycles. The van der Waals surface area contributed by atoms with Gasteiger partial charge in [-0.1, -0.05) is 36.4 Å². The number of carbonyl (C=O) groups excluding carboxylic acids is 1. The van der Waals surface area contributed by atoms with Gasteiger partial charge < -0.3 is 16.0 Å². The SMILES string of the molecule is CCN1C(=O)C2(N=C(N)NC(Nc3ccccc3)=N2)c2ccccc21. The molecule has 0 aromatic heterocycles. The number of amides is 1. The quantitative estimate of drug-likeness (QED) is 0.777. The van der Waals surface area contributed by atoms with E-state index in [9.17, 15) is 4.79 Å². The zero-order chi connectivity index (χ0) is 17.4. The molecular formula is C18H18N6O. The average Bonchev–Trinajstić information content (AvgIpc) is 2.83. The first-order valence-electron chi connectivity index (χ1n) is 8.10. The van der Waals surface area contributed by atoms with Gasteiger partial charge in [-0.05, 0) is 25.1 Å². The van der Waals surface area contributed by atoms with E-state index < -0.39 is 5.66 Å². The van der Waals surface area contributed by atoms with Gasteiger partial charge in [-0.3, -0.25) is 10.1 Å². The summed E-state index contributed by atoms with van der Waals surface area (Å²) >= 11 is 0. The lowest BCUT2D eigenvalue weighted by molar-refractivity contribution is -0.122. The fourth-order valence-electron chi connectivity index (χ4n) is 3.20. The molecular weight excluding hydrogens is 316 g/mol. The molecule has 25 heavy (non-hydrogen) atoms. The van der Waals surface area contributed by atoms with Gasteiger partial charge in [-0.2, -0.15) is 0 Å². The molecule has 1 unspecified atom stereocenters. The Morgan fingerprint density at radius 2 is 1.84 bits per heavy atom. The third-order valence-corrected chi connectivity index (χ3v) is 4.27. The van der Waals surface area contributed by atoms with Crippen LogP contribution in [-0.2, 0) is 10.5 Å². The fraction of sp³-hybridized carbons (Fsp3) is 0.167. The Kier molecular flexibility index (Phi) is 3.42.